The summed E-state index contributed by atoms with van der Waals surface area (Å²) in [4.78, 5) is 2.30. The van der Waals surface area contributed by atoms with Gasteiger partial charge in [-0.3, -0.25) is 0 Å². The second kappa shape index (κ2) is 6.22. The summed E-state index contributed by atoms with van der Waals surface area (Å²) in [5.41, 5.74) is -0.570. The van der Waals surface area contributed by atoms with Crippen LogP contribution in [-0.2, 0) is 6.18 Å². The molecule has 0 atom stereocenters. The summed E-state index contributed by atoms with van der Waals surface area (Å²) in [6.45, 7) is 4.92. The van der Waals surface area contributed by atoms with Gasteiger partial charge in [-0.05, 0) is 37.6 Å². The second-order valence-corrected chi connectivity index (χ2v) is 5.48. The van der Waals surface area contributed by atoms with Crippen LogP contribution >= 0.6 is 11.6 Å². The number of nitrogens with one attached hydrogen (secondary N) is 1. The highest BCUT2D eigenvalue weighted by Crippen LogP contribution is 2.37. The van der Waals surface area contributed by atoms with Crippen LogP contribution < -0.4 is 5.32 Å². The molecule has 1 fully saturated rings. The summed E-state index contributed by atoms with van der Waals surface area (Å²) in [7, 11) is 0. The predicted molar refractivity (Wildman–Crippen MR) is 75.2 cm³/mol. The van der Waals surface area contributed by atoms with Crippen LogP contribution in [0.5, 0.6) is 0 Å². The van der Waals surface area contributed by atoms with Crippen molar-refractivity contribution in [2.75, 3.05) is 25.0 Å². The van der Waals surface area contributed by atoms with Gasteiger partial charge in [-0.1, -0.05) is 18.5 Å². The van der Waals surface area contributed by atoms with Crippen molar-refractivity contribution in [1.29, 1.82) is 0 Å². The number of nitrogens with zero attached hydrogens (tertiary/aromatic N) is 1. The van der Waals surface area contributed by atoms with Gasteiger partial charge in [0.2, 0.25) is 0 Å². The summed E-state index contributed by atoms with van der Waals surface area (Å²) in [5.74, 6) is 0. The van der Waals surface area contributed by atoms with Crippen LogP contribution in [0.25, 0.3) is 0 Å². The molecular formula is C14H18ClF3N2. The first-order chi connectivity index (χ1) is 9.40. The van der Waals surface area contributed by atoms with Crippen LogP contribution in [0.4, 0.5) is 18.9 Å². The normalized spacial score (nSPS) is 18.2. The number of likely N-dealkylation sites (tertiary alicyclic amines) is 1. The van der Waals surface area contributed by atoms with Crippen molar-refractivity contribution in [3.63, 3.8) is 0 Å². The summed E-state index contributed by atoms with van der Waals surface area (Å²) < 4.78 is 39.0. The average Bonchev–Trinajstić information content (AvgIpc) is 2.40. The minimum Gasteiger partial charge on any atom is -0.382 e. The van der Waals surface area contributed by atoms with E-state index < -0.39 is 11.7 Å². The monoisotopic (exact) mass is 306 g/mol. The molecular weight excluding hydrogens is 289 g/mol. The SMILES string of the molecule is CCN1CCC(Nc2ccc(Cl)cc2C(F)(F)F)CC1. The van der Waals surface area contributed by atoms with E-state index in [4.69, 9.17) is 11.6 Å². The molecule has 1 aromatic carbocycles. The molecule has 0 spiro atoms. The van der Waals surface area contributed by atoms with Gasteiger partial charge < -0.3 is 10.2 Å². The van der Waals surface area contributed by atoms with Crippen molar-refractivity contribution in [2.45, 2.75) is 32.0 Å². The third kappa shape index (κ3) is 3.79. The molecule has 0 unspecified atom stereocenters. The van der Waals surface area contributed by atoms with Gasteiger partial charge in [0.1, 0.15) is 0 Å². The maximum absolute atomic E-state index is 13.0. The Labute approximate surface area is 121 Å². The number of benzene rings is 1. The zero-order valence-corrected chi connectivity index (χ0v) is 12.1. The number of hydrogen-bond donors (Lipinski definition) is 1. The first-order valence-electron chi connectivity index (χ1n) is 6.75. The highest BCUT2D eigenvalue weighted by Gasteiger charge is 2.34. The van der Waals surface area contributed by atoms with E-state index in [0.717, 1.165) is 38.5 Å². The van der Waals surface area contributed by atoms with Crippen molar-refractivity contribution in [1.82, 2.24) is 4.90 Å². The number of hydrogen-bond acceptors (Lipinski definition) is 2. The van der Waals surface area contributed by atoms with Crippen LogP contribution in [-0.4, -0.2) is 30.6 Å². The fraction of sp³-hybridized carbons (Fsp3) is 0.571. The first kappa shape index (κ1) is 15.4. The van der Waals surface area contributed by atoms with E-state index >= 15 is 0 Å². The van der Waals surface area contributed by atoms with Crippen molar-refractivity contribution in [2.24, 2.45) is 0 Å². The number of alkyl halides is 3. The molecule has 0 amide bonds. The van der Waals surface area contributed by atoms with Crippen LogP contribution in [0, 0.1) is 0 Å². The van der Waals surface area contributed by atoms with Crippen LogP contribution in [0.2, 0.25) is 5.02 Å². The maximum atomic E-state index is 13.0. The Morgan fingerprint density at radius 1 is 1.30 bits per heavy atom. The average molecular weight is 307 g/mol. The smallest absolute Gasteiger partial charge is 0.382 e. The fourth-order valence-corrected chi connectivity index (χ4v) is 2.66. The molecule has 0 radical (unpaired) electrons. The van der Waals surface area contributed by atoms with Crippen molar-refractivity contribution in [3.05, 3.63) is 28.8 Å². The lowest BCUT2D eigenvalue weighted by Gasteiger charge is -2.32. The third-order valence-corrected chi connectivity index (χ3v) is 3.92. The Morgan fingerprint density at radius 3 is 2.50 bits per heavy atom. The largest absolute Gasteiger partial charge is 0.418 e. The molecule has 1 heterocycles. The van der Waals surface area contributed by atoms with Gasteiger partial charge in [-0.25, -0.2) is 0 Å². The van der Waals surface area contributed by atoms with Gasteiger partial charge in [0.25, 0.3) is 0 Å². The summed E-state index contributed by atoms with van der Waals surface area (Å²) in [6, 6.07) is 3.96. The number of anilines is 1. The van der Waals surface area contributed by atoms with E-state index in [2.05, 4.69) is 17.1 Å². The molecule has 1 aliphatic rings. The van der Waals surface area contributed by atoms with E-state index in [1.54, 1.807) is 0 Å². The lowest BCUT2D eigenvalue weighted by Crippen LogP contribution is -2.39. The molecule has 6 heteroatoms. The van der Waals surface area contributed by atoms with E-state index in [9.17, 15) is 13.2 Å². The van der Waals surface area contributed by atoms with Gasteiger partial charge in [0.15, 0.2) is 0 Å². The number of halogens is 4. The van der Waals surface area contributed by atoms with Crippen LogP contribution in [0.3, 0.4) is 0 Å². The van der Waals surface area contributed by atoms with Gasteiger partial charge >= 0.3 is 6.18 Å². The van der Waals surface area contributed by atoms with Crippen molar-refractivity contribution < 1.29 is 13.2 Å². The van der Waals surface area contributed by atoms with Gasteiger partial charge in [0.05, 0.1) is 5.56 Å². The first-order valence-corrected chi connectivity index (χ1v) is 7.13. The van der Waals surface area contributed by atoms with Crippen molar-refractivity contribution in [3.8, 4) is 0 Å². The highest BCUT2D eigenvalue weighted by molar-refractivity contribution is 6.30. The minimum atomic E-state index is -4.39. The standard InChI is InChI=1S/C14H18ClF3N2/c1-2-20-7-5-11(6-8-20)19-13-4-3-10(15)9-12(13)14(16,17)18/h3-4,9,11,19H,2,5-8H2,1H3. The Kier molecular flexibility index (Phi) is 4.81. The molecule has 0 aromatic heterocycles. The number of rotatable bonds is 3. The van der Waals surface area contributed by atoms with Gasteiger partial charge in [-0.15, -0.1) is 0 Å². The number of piperidine rings is 1. The van der Waals surface area contributed by atoms with E-state index in [1.165, 1.54) is 12.1 Å². The molecule has 1 N–H and O–H groups in total. The lowest BCUT2D eigenvalue weighted by molar-refractivity contribution is -0.137. The molecule has 2 nitrogen and oxygen atoms in total. The Hall–Kier alpha value is -0.940. The zero-order chi connectivity index (χ0) is 14.8. The molecule has 1 saturated heterocycles. The van der Waals surface area contributed by atoms with Gasteiger partial charge in [-0.2, -0.15) is 13.2 Å². The molecule has 1 aliphatic heterocycles. The topological polar surface area (TPSA) is 15.3 Å². The maximum Gasteiger partial charge on any atom is 0.418 e. The molecule has 0 saturated carbocycles. The zero-order valence-electron chi connectivity index (χ0n) is 11.3. The lowest BCUT2D eigenvalue weighted by atomic mass is 10.0. The fourth-order valence-electron chi connectivity index (χ4n) is 2.49. The van der Waals surface area contributed by atoms with E-state index in [1.807, 2.05) is 0 Å². The Balaban J connectivity index is 2.10. The third-order valence-electron chi connectivity index (χ3n) is 3.68. The van der Waals surface area contributed by atoms with E-state index in [0.29, 0.717) is 0 Å². The molecule has 2 rings (SSSR count). The summed E-state index contributed by atoms with van der Waals surface area (Å²) >= 11 is 5.67. The van der Waals surface area contributed by atoms with Gasteiger partial charge in [0, 0.05) is 29.8 Å². The predicted octanol–water partition coefficient (Wildman–Crippen LogP) is 4.26. The van der Waals surface area contributed by atoms with E-state index in [-0.39, 0.29) is 16.8 Å². The van der Waals surface area contributed by atoms with Crippen LogP contribution in [0.15, 0.2) is 18.2 Å². The molecule has 1 aromatic rings. The van der Waals surface area contributed by atoms with Crippen molar-refractivity contribution >= 4 is 17.3 Å². The summed E-state index contributed by atoms with van der Waals surface area (Å²) in [5, 5.41) is 3.12. The molecule has 112 valence electrons. The molecule has 0 aliphatic carbocycles. The molecule has 20 heavy (non-hydrogen) atoms. The highest BCUT2D eigenvalue weighted by atomic mass is 35.5. The summed E-state index contributed by atoms with van der Waals surface area (Å²) in [6.07, 6.45) is -2.68. The minimum absolute atomic E-state index is 0.0834. The Morgan fingerprint density at radius 2 is 1.95 bits per heavy atom. The molecule has 0 bridgehead atoms. The second-order valence-electron chi connectivity index (χ2n) is 5.04. The Bertz CT molecular complexity index is 454. The van der Waals surface area contributed by atoms with Crippen LogP contribution in [0.1, 0.15) is 25.3 Å². The quantitative estimate of drug-likeness (QED) is 0.898.